The minimum Gasteiger partial charge on any atom is -0.462 e. The Hall–Kier alpha value is -1.94. The molecular formula is C75H146O17P2. The molecule has 558 valence electrons. The molecule has 0 radical (unpaired) electrons. The van der Waals surface area contributed by atoms with Gasteiger partial charge in [0.25, 0.3) is 0 Å². The van der Waals surface area contributed by atoms with Gasteiger partial charge < -0.3 is 33.8 Å². The predicted molar refractivity (Wildman–Crippen MR) is 381 cm³/mol. The molecule has 0 rings (SSSR count). The number of hydrogen-bond acceptors (Lipinski definition) is 15. The van der Waals surface area contributed by atoms with Gasteiger partial charge in [-0.05, 0) is 43.4 Å². The first kappa shape index (κ1) is 92.1. The number of carbonyl (C=O) groups excluding carboxylic acids is 4. The third-order valence-corrected chi connectivity index (χ3v) is 19.3. The number of phosphoric acid groups is 2. The van der Waals surface area contributed by atoms with Gasteiger partial charge in [0.15, 0.2) is 12.2 Å². The number of rotatable bonds is 73. The Morgan fingerprint density at radius 2 is 0.489 bits per heavy atom. The summed E-state index contributed by atoms with van der Waals surface area (Å²) >= 11 is 0. The van der Waals surface area contributed by atoms with Crippen molar-refractivity contribution in [2.75, 3.05) is 39.6 Å². The molecule has 0 aliphatic carbocycles. The first-order chi connectivity index (χ1) is 45.2. The maximum absolute atomic E-state index is 13.1. The number of aliphatic hydroxyl groups excluding tert-OH is 1. The largest absolute Gasteiger partial charge is 0.472 e. The molecule has 0 aromatic heterocycles. The number of phosphoric ester groups is 2. The van der Waals surface area contributed by atoms with Crippen molar-refractivity contribution in [1.29, 1.82) is 0 Å². The smallest absolute Gasteiger partial charge is 0.462 e. The van der Waals surface area contributed by atoms with E-state index in [-0.39, 0.29) is 25.7 Å². The van der Waals surface area contributed by atoms with Gasteiger partial charge in [-0.25, -0.2) is 9.13 Å². The monoisotopic (exact) mass is 1380 g/mol. The van der Waals surface area contributed by atoms with Crippen LogP contribution in [0.3, 0.4) is 0 Å². The zero-order valence-electron chi connectivity index (χ0n) is 61.4. The van der Waals surface area contributed by atoms with E-state index in [1.54, 1.807) is 0 Å². The molecule has 94 heavy (non-hydrogen) atoms. The summed E-state index contributed by atoms with van der Waals surface area (Å²) in [6.45, 7) is 11.9. The van der Waals surface area contributed by atoms with Gasteiger partial charge in [0, 0.05) is 25.7 Å². The van der Waals surface area contributed by atoms with E-state index in [0.29, 0.717) is 25.7 Å². The predicted octanol–water partition coefficient (Wildman–Crippen LogP) is 21.8. The lowest BCUT2D eigenvalue weighted by Crippen LogP contribution is -2.30. The summed E-state index contributed by atoms with van der Waals surface area (Å²) in [6.07, 6.45) is 51.2. The molecule has 2 unspecified atom stereocenters. The summed E-state index contributed by atoms with van der Waals surface area (Å²) in [5.74, 6) is 0.167. The first-order valence-corrected chi connectivity index (χ1v) is 41.8. The van der Waals surface area contributed by atoms with Crippen LogP contribution in [0.25, 0.3) is 0 Å². The summed E-state index contributed by atoms with van der Waals surface area (Å²) in [5.41, 5.74) is 0. The van der Waals surface area contributed by atoms with E-state index in [0.717, 1.165) is 108 Å². The van der Waals surface area contributed by atoms with Crippen molar-refractivity contribution in [3.63, 3.8) is 0 Å². The lowest BCUT2D eigenvalue weighted by Gasteiger charge is -2.21. The SMILES string of the molecule is CCCCCCCCCCCCCCCC(=O)O[C@H](COC(=O)CCCCCCCCCCC(C)C)COP(=O)(O)OC[C@H](O)COP(=O)(O)OC[C@@H](COC(=O)CCCCCCCCCCCCCCC(C)C)OC(=O)CCCCCCCCCCCCCCC(C)C. The molecule has 0 aliphatic heterocycles. The summed E-state index contributed by atoms with van der Waals surface area (Å²) < 4.78 is 68.5. The van der Waals surface area contributed by atoms with Crippen LogP contribution in [0.1, 0.15) is 382 Å². The maximum Gasteiger partial charge on any atom is 0.472 e. The van der Waals surface area contributed by atoms with Crippen LogP contribution in [0.5, 0.6) is 0 Å². The van der Waals surface area contributed by atoms with Crippen molar-refractivity contribution in [1.82, 2.24) is 0 Å². The summed E-state index contributed by atoms with van der Waals surface area (Å²) in [5, 5.41) is 10.6. The van der Waals surface area contributed by atoms with Crippen LogP contribution in [0, 0.1) is 17.8 Å². The molecule has 17 nitrogen and oxygen atoms in total. The molecule has 0 amide bonds. The van der Waals surface area contributed by atoms with E-state index in [1.165, 1.54) is 193 Å². The Labute approximate surface area is 575 Å². The lowest BCUT2D eigenvalue weighted by atomic mass is 10.0. The molecule has 0 aromatic carbocycles. The molecule has 19 heteroatoms. The third-order valence-electron chi connectivity index (χ3n) is 17.4. The minimum absolute atomic E-state index is 0.107. The molecule has 0 spiro atoms. The highest BCUT2D eigenvalue weighted by Gasteiger charge is 2.30. The van der Waals surface area contributed by atoms with Crippen molar-refractivity contribution in [2.24, 2.45) is 17.8 Å². The zero-order chi connectivity index (χ0) is 69.4. The second-order valence-corrected chi connectivity index (χ2v) is 31.4. The van der Waals surface area contributed by atoms with E-state index >= 15 is 0 Å². The lowest BCUT2D eigenvalue weighted by molar-refractivity contribution is -0.161. The van der Waals surface area contributed by atoms with Crippen LogP contribution in [0.15, 0.2) is 0 Å². The minimum atomic E-state index is -4.96. The van der Waals surface area contributed by atoms with Crippen molar-refractivity contribution < 1.29 is 80.2 Å². The Bertz CT molecular complexity index is 1840. The highest BCUT2D eigenvalue weighted by atomic mass is 31.2. The van der Waals surface area contributed by atoms with Gasteiger partial charge in [-0.15, -0.1) is 0 Å². The quantitative estimate of drug-likeness (QED) is 0.0222. The number of esters is 4. The third kappa shape index (κ3) is 68.6. The van der Waals surface area contributed by atoms with E-state index in [1.807, 2.05) is 0 Å². The summed E-state index contributed by atoms with van der Waals surface area (Å²) in [7, 11) is -9.91. The van der Waals surface area contributed by atoms with Gasteiger partial charge in [0.1, 0.15) is 19.3 Å². The summed E-state index contributed by atoms with van der Waals surface area (Å²) in [4.78, 5) is 72.8. The Kier molecular flexibility index (Phi) is 64.3. The fourth-order valence-electron chi connectivity index (χ4n) is 11.4. The number of unbranched alkanes of at least 4 members (excludes halogenated alkanes) is 41. The van der Waals surface area contributed by atoms with Gasteiger partial charge in [-0.1, -0.05) is 331 Å². The molecular weight excluding hydrogens is 1230 g/mol. The van der Waals surface area contributed by atoms with Gasteiger partial charge in [-0.2, -0.15) is 0 Å². The molecule has 0 aliphatic rings. The van der Waals surface area contributed by atoms with Gasteiger partial charge in [0.05, 0.1) is 26.4 Å². The second kappa shape index (κ2) is 65.7. The van der Waals surface area contributed by atoms with Crippen molar-refractivity contribution in [2.45, 2.75) is 401 Å². The van der Waals surface area contributed by atoms with Crippen LogP contribution in [-0.4, -0.2) is 96.7 Å². The molecule has 0 heterocycles. The molecule has 0 aromatic rings. The van der Waals surface area contributed by atoms with E-state index < -0.39 is 97.5 Å². The molecule has 0 saturated carbocycles. The van der Waals surface area contributed by atoms with Crippen LogP contribution in [-0.2, 0) is 65.4 Å². The van der Waals surface area contributed by atoms with Crippen LogP contribution in [0.2, 0.25) is 0 Å². The molecule has 0 fully saturated rings. The van der Waals surface area contributed by atoms with Gasteiger partial charge >= 0.3 is 39.5 Å². The Morgan fingerprint density at radius 3 is 0.723 bits per heavy atom. The molecule has 3 N–H and O–H groups in total. The number of carbonyl (C=O) groups is 4. The number of aliphatic hydroxyl groups is 1. The number of ether oxygens (including phenoxy) is 4. The summed E-state index contributed by atoms with van der Waals surface area (Å²) in [6, 6.07) is 0. The second-order valence-electron chi connectivity index (χ2n) is 28.5. The van der Waals surface area contributed by atoms with E-state index in [2.05, 4.69) is 48.5 Å². The first-order valence-electron chi connectivity index (χ1n) is 38.8. The van der Waals surface area contributed by atoms with Gasteiger partial charge in [-0.3, -0.25) is 37.3 Å². The Balaban J connectivity index is 5.26. The highest BCUT2D eigenvalue weighted by molar-refractivity contribution is 7.47. The van der Waals surface area contributed by atoms with Crippen LogP contribution >= 0.6 is 15.6 Å². The normalized spacial score (nSPS) is 14.1. The van der Waals surface area contributed by atoms with E-state index in [4.69, 9.17) is 37.0 Å². The fraction of sp³-hybridized carbons (Fsp3) is 0.947. The van der Waals surface area contributed by atoms with Crippen molar-refractivity contribution >= 4 is 39.5 Å². The molecule has 5 atom stereocenters. The highest BCUT2D eigenvalue weighted by Crippen LogP contribution is 2.45. The number of hydrogen-bond donors (Lipinski definition) is 3. The average molecular weight is 1380 g/mol. The van der Waals surface area contributed by atoms with Gasteiger partial charge in [0.2, 0.25) is 0 Å². The topological polar surface area (TPSA) is 237 Å². The van der Waals surface area contributed by atoms with Crippen molar-refractivity contribution in [3.8, 4) is 0 Å². The molecule has 0 saturated heterocycles. The maximum atomic E-state index is 13.1. The van der Waals surface area contributed by atoms with E-state index in [9.17, 15) is 43.2 Å². The fourth-order valence-corrected chi connectivity index (χ4v) is 13.0. The average Bonchev–Trinajstić information content (AvgIpc) is 1.42. The Morgan fingerprint density at radius 1 is 0.287 bits per heavy atom. The molecule has 0 bridgehead atoms. The zero-order valence-corrected chi connectivity index (χ0v) is 63.2. The van der Waals surface area contributed by atoms with Crippen molar-refractivity contribution in [3.05, 3.63) is 0 Å². The van der Waals surface area contributed by atoms with Crippen LogP contribution in [0.4, 0.5) is 0 Å². The standard InChI is InChI=1S/C75H146O17P2/c1-8-9-10-11-12-13-14-15-23-28-37-44-51-58-74(79)92-71(63-86-73(78)57-50-43-36-31-30-34-41-48-55-68(6)7)65-90-94(83,84)88-61-69(76)60-87-93(81,82)89-64-70(91-75(80)59-52-45-38-29-24-19-17-21-26-33-40-47-54-67(4)5)62-85-72(77)56-49-42-35-27-22-18-16-20-25-32-39-46-53-66(2)3/h66-71,76H,8-65H2,1-7H3,(H,81,82)(H,83,84)/t69-,70-,71-/m1/s1. The van der Waals surface area contributed by atoms with Crippen LogP contribution < -0.4 is 0 Å².